The Bertz CT molecular complexity index is 513. The molecule has 7 heteroatoms. The van der Waals surface area contributed by atoms with Crippen molar-refractivity contribution in [3.8, 4) is 10.8 Å². The van der Waals surface area contributed by atoms with Crippen LogP contribution in [0, 0.1) is 13.8 Å². The van der Waals surface area contributed by atoms with E-state index in [0.29, 0.717) is 0 Å². The predicted octanol–water partition coefficient (Wildman–Crippen LogP) is 1.54. The molecule has 0 spiro atoms. The molecule has 0 saturated carbocycles. The van der Waals surface area contributed by atoms with Gasteiger partial charge in [-0.15, -0.1) is 33.9 Å². The highest BCUT2D eigenvalue weighted by molar-refractivity contribution is 7.15. The Labute approximate surface area is 110 Å². The first kappa shape index (κ1) is 12.5. The first-order chi connectivity index (χ1) is 7.75. The molecule has 0 amide bonds. The van der Waals surface area contributed by atoms with Crippen LogP contribution in [0.1, 0.15) is 16.4 Å². The monoisotopic (exact) mass is 271 g/mol. The van der Waals surface area contributed by atoms with E-state index >= 15 is 0 Å². The number of rotatable bonds is 1. The number of hydrogen-bond acceptors (Lipinski definition) is 5. The summed E-state index contributed by atoms with van der Waals surface area (Å²) in [5, 5.41) is 12.7. The van der Waals surface area contributed by atoms with Crippen LogP contribution in [-0.4, -0.2) is 26.3 Å². The summed E-state index contributed by atoms with van der Waals surface area (Å²) in [6, 6.07) is 0. The molecular weight excluding hydrogens is 258 g/mol. The maximum Gasteiger partial charge on any atom is 0.193 e. The second-order valence-electron chi connectivity index (χ2n) is 3.93. The van der Waals surface area contributed by atoms with Crippen molar-refractivity contribution >= 4 is 23.7 Å². The van der Waals surface area contributed by atoms with Gasteiger partial charge in [0.1, 0.15) is 5.82 Å². The Morgan fingerprint density at radius 1 is 1.29 bits per heavy atom. The zero-order valence-electron chi connectivity index (χ0n) is 9.73. The van der Waals surface area contributed by atoms with Crippen molar-refractivity contribution in [2.45, 2.75) is 26.9 Å². The fraction of sp³-hybridized carbons (Fsp3) is 0.500. The lowest BCUT2D eigenvalue weighted by atomic mass is 10.4. The summed E-state index contributed by atoms with van der Waals surface area (Å²) in [5.41, 5.74) is 1.09. The number of hydrogen-bond donors (Lipinski definition) is 1. The molecular formula is C10H14ClN5S. The highest BCUT2D eigenvalue weighted by Crippen LogP contribution is 2.26. The van der Waals surface area contributed by atoms with Crippen LogP contribution in [-0.2, 0) is 13.1 Å². The molecule has 0 fully saturated rings. The first-order valence-electron chi connectivity index (χ1n) is 5.33. The van der Waals surface area contributed by atoms with Gasteiger partial charge in [0.25, 0.3) is 0 Å². The lowest BCUT2D eigenvalue weighted by Crippen LogP contribution is -2.28. The third kappa shape index (κ3) is 2.08. The number of nitrogens with zero attached hydrogens (tertiary/aromatic N) is 4. The molecule has 0 unspecified atom stereocenters. The smallest absolute Gasteiger partial charge is 0.193 e. The maximum absolute atomic E-state index is 4.54. The van der Waals surface area contributed by atoms with E-state index in [9.17, 15) is 0 Å². The van der Waals surface area contributed by atoms with Gasteiger partial charge in [-0.3, -0.25) is 0 Å². The van der Waals surface area contributed by atoms with Gasteiger partial charge in [0, 0.05) is 18.0 Å². The van der Waals surface area contributed by atoms with E-state index in [-0.39, 0.29) is 12.4 Å². The number of nitrogens with one attached hydrogen (secondary N) is 1. The number of aryl methyl sites for hydroxylation is 2. The SMILES string of the molecule is Cc1nc(-c2nnc3n2CCNC3)sc1C.Cl. The molecule has 3 rings (SSSR count). The zero-order valence-corrected chi connectivity index (χ0v) is 11.4. The van der Waals surface area contributed by atoms with Crippen molar-refractivity contribution in [2.24, 2.45) is 0 Å². The molecule has 1 aliphatic rings. The van der Waals surface area contributed by atoms with E-state index in [2.05, 4.69) is 32.0 Å². The summed E-state index contributed by atoms with van der Waals surface area (Å²) in [4.78, 5) is 5.79. The number of thiazole rings is 1. The van der Waals surface area contributed by atoms with Crippen LogP contribution in [0.5, 0.6) is 0 Å². The molecule has 5 nitrogen and oxygen atoms in total. The average molecular weight is 272 g/mol. The number of halogens is 1. The van der Waals surface area contributed by atoms with Crippen molar-refractivity contribution in [2.75, 3.05) is 6.54 Å². The quantitative estimate of drug-likeness (QED) is 0.855. The highest BCUT2D eigenvalue weighted by atomic mass is 35.5. The van der Waals surface area contributed by atoms with Crippen LogP contribution in [0.4, 0.5) is 0 Å². The third-order valence-corrected chi connectivity index (χ3v) is 3.91. The molecule has 0 radical (unpaired) electrons. The molecule has 0 bridgehead atoms. The van der Waals surface area contributed by atoms with E-state index < -0.39 is 0 Å². The van der Waals surface area contributed by atoms with E-state index in [1.807, 2.05) is 6.92 Å². The van der Waals surface area contributed by atoms with E-state index in [0.717, 1.165) is 42.0 Å². The van der Waals surface area contributed by atoms with Gasteiger partial charge < -0.3 is 9.88 Å². The predicted molar refractivity (Wildman–Crippen MR) is 69.6 cm³/mol. The van der Waals surface area contributed by atoms with Gasteiger partial charge >= 0.3 is 0 Å². The largest absolute Gasteiger partial charge is 0.308 e. The Balaban J connectivity index is 0.00000108. The molecule has 1 N–H and O–H groups in total. The van der Waals surface area contributed by atoms with Gasteiger partial charge in [-0.2, -0.15) is 0 Å². The van der Waals surface area contributed by atoms with Gasteiger partial charge in [-0.1, -0.05) is 0 Å². The van der Waals surface area contributed by atoms with E-state index in [1.54, 1.807) is 11.3 Å². The molecule has 2 aromatic rings. The summed E-state index contributed by atoms with van der Waals surface area (Å²) in [6.07, 6.45) is 0. The molecule has 0 saturated heterocycles. The molecule has 3 heterocycles. The Morgan fingerprint density at radius 3 is 2.82 bits per heavy atom. The summed E-state index contributed by atoms with van der Waals surface area (Å²) in [7, 11) is 0. The minimum Gasteiger partial charge on any atom is -0.308 e. The van der Waals surface area contributed by atoms with Crippen molar-refractivity contribution < 1.29 is 0 Å². The van der Waals surface area contributed by atoms with Crippen LogP contribution in [0.15, 0.2) is 0 Å². The molecule has 0 aromatic carbocycles. The minimum absolute atomic E-state index is 0. The van der Waals surface area contributed by atoms with Gasteiger partial charge in [0.15, 0.2) is 10.8 Å². The van der Waals surface area contributed by atoms with Crippen LogP contribution in [0.2, 0.25) is 0 Å². The van der Waals surface area contributed by atoms with Crippen LogP contribution < -0.4 is 5.32 Å². The lowest BCUT2D eigenvalue weighted by Gasteiger charge is -2.14. The summed E-state index contributed by atoms with van der Waals surface area (Å²) in [5.74, 6) is 1.92. The van der Waals surface area contributed by atoms with Crippen LogP contribution in [0.3, 0.4) is 0 Å². The van der Waals surface area contributed by atoms with E-state index in [4.69, 9.17) is 0 Å². The molecule has 2 aromatic heterocycles. The first-order valence-corrected chi connectivity index (χ1v) is 6.14. The summed E-state index contributed by atoms with van der Waals surface area (Å²) < 4.78 is 2.16. The maximum atomic E-state index is 4.54. The molecule has 1 aliphatic heterocycles. The fourth-order valence-corrected chi connectivity index (χ4v) is 2.73. The van der Waals surface area contributed by atoms with Gasteiger partial charge in [-0.25, -0.2) is 4.98 Å². The Morgan fingerprint density at radius 2 is 2.12 bits per heavy atom. The molecule has 0 atom stereocenters. The fourth-order valence-electron chi connectivity index (χ4n) is 1.82. The standard InChI is InChI=1S/C10H13N5S.ClH/c1-6-7(2)16-10(12-6)9-14-13-8-5-11-3-4-15(8)9;/h11H,3-5H2,1-2H3;1H. The number of fused-ring (bicyclic) bond motifs is 1. The zero-order chi connectivity index (χ0) is 11.1. The van der Waals surface area contributed by atoms with Crippen molar-refractivity contribution in [1.82, 2.24) is 25.1 Å². The van der Waals surface area contributed by atoms with Gasteiger partial charge in [0.05, 0.1) is 12.2 Å². The molecule has 92 valence electrons. The molecule has 17 heavy (non-hydrogen) atoms. The normalized spacial score (nSPS) is 14.2. The second-order valence-corrected chi connectivity index (χ2v) is 5.13. The minimum atomic E-state index is 0. The van der Waals surface area contributed by atoms with Crippen molar-refractivity contribution in [3.05, 3.63) is 16.4 Å². The van der Waals surface area contributed by atoms with Crippen molar-refractivity contribution in [1.29, 1.82) is 0 Å². The van der Waals surface area contributed by atoms with Crippen molar-refractivity contribution in [3.63, 3.8) is 0 Å². The van der Waals surface area contributed by atoms with Crippen LogP contribution >= 0.6 is 23.7 Å². The lowest BCUT2D eigenvalue weighted by molar-refractivity contribution is 0.508. The molecule has 0 aliphatic carbocycles. The van der Waals surface area contributed by atoms with Gasteiger partial charge in [-0.05, 0) is 13.8 Å². The summed E-state index contributed by atoms with van der Waals surface area (Å²) >= 11 is 1.69. The van der Waals surface area contributed by atoms with Gasteiger partial charge in [0.2, 0.25) is 0 Å². The highest BCUT2D eigenvalue weighted by Gasteiger charge is 2.19. The Hall–Kier alpha value is -0.980. The topological polar surface area (TPSA) is 55.6 Å². The second kappa shape index (κ2) is 4.72. The Kier molecular flexibility index (Phi) is 3.46. The van der Waals surface area contributed by atoms with E-state index in [1.165, 1.54) is 4.88 Å². The third-order valence-electron chi connectivity index (χ3n) is 2.84. The number of aromatic nitrogens is 4. The average Bonchev–Trinajstić information content (AvgIpc) is 2.83. The summed E-state index contributed by atoms with van der Waals surface area (Å²) in [6.45, 7) is 6.82. The van der Waals surface area contributed by atoms with Crippen LogP contribution in [0.25, 0.3) is 10.8 Å².